The molecular formula is C14H19ClFNO. The quantitative estimate of drug-likeness (QED) is 0.884. The average Bonchev–Trinajstić information content (AvgIpc) is 2.36. The minimum atomic E-state index is -0.363. The maximum absolute atomic E-state index is 13.8. The van der Waals surface area contributed by atoms with Gasteiger partial charge in [-0.3, -0.25) is 0 Å². The van der Waals surface area contributed by atoms with E-state index in [1.165, 1.54) is 0 Å². The topological polar surface area (TPSA) is 21.3 Å². The summed E-state index contributed by atoms with van der Waals surface area (Å²) in [5.41, 5.74) is 0.490. The molecule has 2 atom stereocenters. The molecule has 100 valence electrons. The minimum Gasteiger partial charge on any atom is -0.380 e. The summed E-state index contributed by atoms with van der Waals surface area (Å²) in [6.07, 6.45) is 4.31. The van der Waals surface area contributed by atoms with Gasteiger partial charge in [0.25, 0.3) is 0 Å². The number of halogens is 2. The normalized spacial score (nSPS) is 23.9. The Morgan fingerprint density at radius 3 is 3.11 bits per heavy atom. The van der Waals surface area contributed by atoms with Crippen molar-refractivity contribution in [3.63, 3.8) is 0 Å². The Morgan fingerprint density at radius 1 is 1.50 bits per heavy atom. The van der Waals surface area contributed by atoms with Crippen molar-refractivity contribution < 1.29 is 9.13 Å². The average molecular weight is 272 g/mol. The van der Waals surface area contributed by atoms with Gasteiger partial charge in [-0.1, -0.05) is 31.0 Å². The zero-order chi connectivity index (χ0) is 13.0. The van der Waals surface area contributed by atoms with Gasteiger partial charge in [-0.15, -0.1) is 0 Å². The molecule has 1 aliphatic rings. The molecule has 2 rings (SSSR count). The highest BCUT2D eigenvalue weighted by Gasteiger charge is 2.22. The number of hydrogen-bond donors (Lipinski definition) is 1. The van der Waals surface area contributed by atoms with Crippen molar-refractivity contribution in [2.24, 2.45) is 0 Å². The molecule has 1 fully saturated rings. The smallest absolute Gasteiger partial charge is 0.164 e. The van der Waals surface area contributed by atoms with Gasteiger partial charge >= 0.3 is 0 Å². The molecule has 1 N–H and O–H groups in total. The fourth-order valence-corrected chi connectivity index (χ4v) is 2.54. The van der Waals surface area contributed by atoms with E-state index in [0.717, 1.165) is 32.3 Å². The molecule has 0 aliphatic carbocycles. The first-order chi connectivity index (χ1) is 8.70. The van der Waals surface area contributed by atoms with Gasteiger partial charge in [0.15, 0.2) is 5.82 Å². The van der Waals surface area contributed by atoms with E-state index in [4.69, 9.17) is 16.3 Å². The summed E-state index contributed by atoms with van der Waals surface area (Å²) in [5.74, 6) is -0.363. The number of benzene rings is 1. The summed E-state index contributed by atoms with van der Waals surface area (Å²) >= 11 is 5.77. The van der Waals surface area contributed by atoms with E-state index < -0.39 is 0 Å². The summed E-state index contributed by atoms with van der Waals surface area (Å²) in [5, 5.41) is 3.40. The summed E-state index contributed by atoms with van der Waals surface area (Å²) < 4.78 is 19.5. The largest absolute Gasteiger partial charge is 0.380 e. The van der Waals surface area contributed by atoms with Crippen LogP contribution < -0.4 is 5.32 Å². The third kappa shape index (κ3) is 3.36. The molecule has 0 aromatic heterocycles. The molecule has 18 heavy (non-hydrogen) atoms. The van der Waals surface area contributed by atoms with Gasteiger partial charge in [0.05, 0.1) is 16.8 Å². The van der Waals surface area contributed by atoms with Crippen LogP contribution in [0.5, 0.6) is 0 Å². The molecule has 2 nitrogen and oxygen atoms in total. The Labute approximate surface area is 112 Å². The number of hydrogen-bond acceptors (Lipinski definition) is 2. The standard InChI is InChI=1S/C14H19ClFNO/c1-2-4-11-9-10(7-8-18-11)17-13-6-3-5-12(15)14(13)16/h3,5-6,10-11,17H,2,4,7-9H2,1H3. The molecule has 0 radical (unpaired) electrons. The van der Waals surface area contributed by atoms with E-state index in [0.29, 0.717) is 11.8 Å². The molecule has 1 saturated heterocycles. The molecule has 0 amide bonds. The van der Waals surface area contributed by atoms with Gasteiger partial charge in [-0.25, -0.2) is 4.39 Å². The summed E-state index contributed by atoms with van der Waals surface area (Å²) in [6.45, 7) is 2.89. The lowest BCUT2D eigenvalue weighted by Crippen LogP contribution is -2.34. The summed E-state index contributed by atoms with van der Waals surface area (Å²) in [7, 11) is 0. The molecule has 0 bridgehead atoms. The van der Waals surface area contributed by atoms with Crippen LogP contribution in [0.2, 0.25) is 5.02 Å². The van der Waals surface area contributed by atoms with Crippen LogP contribution in [0.3, 0.4) is 0 Å². The molecule has 0 saturated carbocycles. The van der Waals surface area contributed by atoms with E-state index in [-0.39, 0.29) is 16.9 Å². The van der Waals surface area contributed by atoms with Gasteiger partial charge in [0.1, 0.15) is 0 Å². The van der Waals surface area contributed by atoms with E-state index in [9.17, 15) is 4.39 Å². The van der Waals surface area contributed by atoms with Crippen molar-refractivity contribution >= 4 is 17.3 Å². The lowest BCUT2D eigenvalue weighted by atomic mass is 10.00. The monoisotopic (exact) mass is 271 g/mol. The SMILES string of the molecule is CCCC1CC(Nc2cccc(Cl)c2F)CCO1. The maximum Gasteiger partial charge on any atom is 0.164 e. The van der Waals surface area contributed by atoms with E-state index in [1.807, 2.05) is 0 Å². The van der Waals surface area contributed by atoms with Crippen LogP contribution in [0, 0.1) is 5.82 Å². The first-order valence-electron chi connectivity index (χ1n) is 6.53. The highest BCUT2D eigenvalue weighted by atomic mass is 35.5. The Balaban J connectivity index is 1.98. The van der Waals surface area contributed by atoms with Crippen LogP contribution in [0.4, 0.5) is 10.1 Å². The van der Waals surface area contributed by atoms with Crippen molar-refractivity contribution in [3.05, 3.63) is 29.0 Å². The van der Waals surface area contributed by atoms with Crippen molar-refractivity contribution in [1.29, 1.82) is 0 Å². The second-order valence-corrected chi connectivity index (χ2v) is 5.16. The van der Waals surface area contributed by atoms with Gasteiger partial charge in [-0.2, -0.15) is 0 Å². The van der Waals surface area contributed by atoms with Crippen LogP contribution in [0.15, 0.2) is 18.2 Å². The zero-order valence-corrected chi connectivity index (χ0v) is 11.3. The van der Waals surface area contributed by atoms with Crippen molar-refractivity contribution in [2.75, 3.05) is 11.9 Å². The fourth-order valence-electron chi connectivity index (χ4n) is 2.37. The van der Waals surface area contributed by atoms with Crippen molar-refractivity contribution in [3.8, 4) is 0 Å². The predicted molar refractivity (Wildman–Crippen MR) is 72.7 cm³/mol. The van der Waals surface area contributed by atoms with Crippen LogP contribution in [0.25, 0.3) is 0 Å². The Hall–Kier alpha value is -0.800. The van der Waals surface area contributed by atoms with E-state index in [2.05, 4.69) is 12.2 Å². The second-order valence-electron chi connectivity index (χ2n) is 4.75. The third-order valence-electron chi connectivity index (χ3n) is 3.29. The molecule has 1 aromatic rings. The Bertz CT molecular complexity index is 397. The number of nitrogens with one attached hydrogen (secondary N) is 1. The molecule has 1 aliphatic heterocycles. The molecule has 2 unspecified atom stereocenters. The summed E-state index contributed by atoms with van der Waals surface area (Å²) in [6, 6.07) is 5.32. The molecule has 0 spiro atoms. The molecule has 1 heterocycles. The highest BCUT2D eigenvalue weighted by Crippen LogP contribution is 2.26. The summed E-state index contributed by atoms with van der Waals surface area (Å²) in [4.78, 5) is 0. The van der Waals surface area contributed by atoms with Crippen LogP contribution >= 0.6 is 11.6 Å². The second kappa shape index (κ2) is 6.39. The van der Waals surface area contributed by atoms with E-state index in [1.54, 1.807) is 18.2 Å². The van der Waals surface area contributed by atoms with Crippen LogP contribution in [-0.4, -0.2) is 18.8 Å². The number of rotatable bonds is 4. The number of ether oxygens (including phenoxy) is 1. The third-order valence-corrected chi connectivity index (χ3v) is 3.58. The van der Waals surface area contributed by atoms with Crippen molar-refractivity contribution in [1.82, 2.24) is 0 Å². The molecule has 1 aromatic carbocycles. The number of anilines is 1. The zero-order valence-electron chi connectivity index (χ0n) is 10.6. The lowest BCUT2D eigenvalue weighted by Gasteiger charge is -2.30. The van der Waals surface area contributed by atoms with Crippen molar-refractivity contribution in [2.45, 2.75) is 44.8 Å². The highest BCUT2D eigenvalue weighted by molar-refractivity contribution is 6.31. The maximum atomic E-state index is 13.8. The lowest BCUT2D eigenvalue weighted by molar-refractivity contribution is 0.00593. The van der Waals surface area contributed by atoms with Gasteiger partial charge < -0.3 is 10.1 Å². The molecule has 4 heteroatoms. The van der Waals surface area contributed by atoms with Gasteiger partial charge in [-0.05, 0) is 31.4 Å². The first-order valence-corrected chi connectivity index (χ1v) is 6.90. The van der Waals surface area contributed by atoms with Crippen LogP contribution in [0.1, 0.15) is 32.6 Å². The minimum absolute atomic E-state index is 0.164. The van der Waals surface area contributed by atoms with Gasteiger partial charge in [0.2, 0.25) is 0 Å². The fraction of sp³-hybridized carbons (Fsp3) is 0.571. The van der Waals surface area contributed by atoms with Crippen LogP contribution in [-0.2, 0) is 4.74 Å². The predicted octanol–water partition coefficient (Wildman–Crippen LogP) is 4.24. The Morgan fingerprint density at radius 2 is 2.33 bits per heavy atom. The Kier molecular flexibility index (Phi) is 4.84. The first kappa shape index (κ1) is 13.6. The van der Waals surface area contributed by atoms with E-state index >= 15 is 0 Å². The van der Waals surface area contributed by atoms with Gasteiger partial charge in [0, 0.05) is 12.6 Å². The molecular weight excluding hydrogens is 253 g/mol.